The number of methoxy groups -OCH3 is 1. The van der Waals surface area contributed by atoms with E-state index < -0.39 is 0 Å². The van der Waals surface area contributed by atoms with E-state index in [-0.39, 0.29) is 24.5 Å². The molecule has 0 bridgehead atoms. The van der Waals surface area contributed by atoms with Gasteiger partial charge in [-0.15, -0.1) is 11.3 Å². The molecule has 3 amide bonds. The first-order chi connectivity index (χ1) is 15.9. The van der Waals surface area contributed by atoms with Crippen LogP contribution in [0.5, 0.6) is 5.75 Å². The van der Waals surface area contributed by atoms with Crippen molar-refractivity contribution in [2.24, 2.45) is 0 Å². The standard InChI is InChI=1S/C24H32ClN3O4S/c1-4-26-24(30)27(10-5-12-31-3)15-23(29)28-11-8-22-19(9-13-33-22)21(28)16-32-18-6-7-20(25)17(2)14-18/h6-7,9,13-14,21H,4-5,8,10-12,15-16H2,1-3H3,(H,26,30)/t21-/m0/s1. The maximum Gasteiger partial charge on any atom is 0.317 e. The Labute approximate surface area is 204 Å². The van der Waals surface area contributed by atoms with Crippen LogP contribution in [0.25, 0.3) is 0 Å². The second kappa shape index (κ2) is 12.3. The van der Waals surface area contributed by atoms with Crippen molar-refractivity contribution in [3.63, 3.8) is 0 Å². The Bertz CT molecular complexity index is 952. The average Bonchev–Trinajstić information content (AvgIpc) is 3.28. The average molecular weight is 494 g/mol. The monoisotopic (exact) mass is 493 g/mol. The number of nitrogens with zero attached hydrogens (tertiary/aromatic N) is 2. The minimum absolute atomic E-state index is 0.0194. The Kier molecular flexibility index (Phi) is 9.41. The highest BCUT2D eigenvalue weighted by Crippen LogP contribution is 2.34. The molecule has 0 unspecified atom stereocenters. The van der Waals surface area contributed by atoms with Crippen molar-refractivity contribution >= 4 is 34.9 Å². The van der Waals surface area contributed by atoms with Crippen LogP contribution in [0.4, 0.5) is 4.79 Å². The lowest BCUT2D eigenvalue weighted by atomic mass is 10.0. The summed E-state index contributed by atoms with van der Waals surface area (Å²) in [5.41, 5.74) is 2.06. The number of carbonyl (C=O) groups excluding carboxylic acids is 2. The number of benzene rings is 1. The molecule has 9 heteroatoms. The van der Waals surface area contributed by atoms with Crippen LogP contribution < -0.4 is 10.1 Å². The summed E-state index contributed by atoms with van der Waals surface area (Å²) in [6.07, 6.45) is 1.47. The van der Waals surface area contributed by atoms with E-state index in [1.54, 1.807) is 23.3 Å². The predicted molar refractivity (Wildman–Crippen MR) is 131 cm³/mol. The molecule has 1 aliphatic rings. The van der Waals surface area contributed by atoms with Gasteiger partial charge in [0.2, 0.25) is 5.91 Å². The summed E-state index contributed by atoms with van der Waals surface area (Å²) in [4.78, 5) is 30.6. The SMILES string of the molecule is CCNC(=O)N(CCCOC)CC(=O)N1CCc2sccc2[C@@H]1COc1ccc(Cl)c(C)c1. The summed E-state index contributed by atoms with van der Waals surface area (Å²) in [6.45, 7) is 6.24. The van der Waals surface area contributed by atoms with Crippen LogP contribution in [0.2, 0.25) is 5.02 Å². The van der Waals surface area contributed by atoms with Crippen LogP contribution in [-0.4, -0.2) is 68.2 Å². The van der Waals surface area contributed by atoms with Crippen LogP contribution >= 0.6 is 22.9 Å². The maximum atomic E-state index is 13.4. The predicted octanol–water partition coefficient (Wildman–Crippen LogP) is 4.28. The van der Waals surface area contributed by atoms with Gasteiger partial charge in [-0.3, -0.25) is 4.79 Å². The van der Waals surface area contributed by atoms with E-state index in [0.29, 0.717) is 44.3 Å². The van der Waals surface area contributed by atoms with Gasteiger partial charge in [-0.05, 0) is 67.5 Å². The highest BCUT2D eigenvalue weighted by Gasteiger charge is 2.33. The molecule has 0 spiro atoms. The van der Waals surface area contributed by atoms with Gasteiger partial charge in [0.15, 0.2) is 0 Å². The molecular formula is C24H32ClN3O4S. The second-order valence-corrected chi connectivity index (χ2v) is 9.39. The fourth-order valence-electron chi connectivity index (χ4n) is 3.93. The van der Waals surface area contributed by atoms with E-state index in [0.717, 1.165) is 23.3 Å². The van der Waals surface area contributed by atoms with Crippen LogP contribution in [-0.2, 0) is 16.0 Å². The highest BCUT2D eigenvalue weighted by atomic mass is 35.5. The number of ether oxygens (including phenoxy) is 2. The van der Waals surface area contributed by atoms with Crippen molar-refractivity contribution in [1.82, 2.24) is 15.1 Å². The zero-order valence-corrected chi connectivity index (χ0v) is 21.0. The summed E-state index contributed by atoms with van der Waals surface area (Å²) >= 11 is 7.84. The van der Waals surface area contributed by atoms with Crippen LogP contribution in [0, 0.1) is 6.92 Å². The molecule has 0 saturated carbocycles. The second-order valence-electron chi connectivity index (χ2n) is 7.98. The number of fused-ring (bicyclic) bond motifs is 1. The van der Waals surface area contributed by atoms with Crippen molar-refractivity contribution in [2.75, 3.05) is 46.5 Å². The summed E-state index contributed by atoms with van der Waals surface area (Å²) < 4.78 is 11.2. The third-order valence-electron chi connectivity index (χ3n) is 5.67. The lowest BCUT2D eigenvalue weighted by molar-refractivity contribution is -0.135. The van der Waals surface area contributed by atoms with Gasteiger partial charge in [-0.2, -0.15) is 0 Å². The number of aryl methyl sites for hydroxylation is 1. The molecule has 1 aliphatic heterocycles. The molecular weight excluding hydrogens is 462 g/mol. The van der Waals surface area contributed by atoms with Gasteiger partial charge in [0.25, 0.3) is 0 Å². The molecule has 1 aromatic carbocycles. The minimum Gasteiger partial charge on any atom is -0.491 e. The highest BCUT2D eigenvalue weighted by molar-refractivity contribution is 7.10. The Morgan fingerprint density at radius 3 is 2.88 bits per heavy atom. The van der Waals surface area contributed by atoms with Crippen molar-refractivity contribution in [1.29, 1.82) is 0 Å². The van der Waals surface area contributed by atoms with E-state index in [2.05, 4.69) is 16.8 Å². The van der Waals surface area contributed by atoms with Gasteiger partial charge in [0.05, 0.1) is 6.04 Å². The summed E-state index contributed by atoms with van der Waals surface area (Å²) in [6, 6.07) is 7.18. The van der Waals surface area contributed by atoms with Gasteiger partial charge in [-0.25, -0.2) is 4.79 Å². The number of nitrogens with one attached hydrogen (secondary N) is 1. The van der Waals surface area contributed by atoms with Gasteiger partial charge >= 0.3 is 6.03 Å². The van der Waals surface area contributed by atoms with Gasteiger partial charge in [0, 0.05) is 43.3 Å². The Morgan fingerprint density at radius 1 is 1.33 bits per heavy atom. The van der Waals surface area contributed by atoms with E-state index in [9.17, 15) is 9.59 Å². The first-order valence-corrected chi connectivity index (χ1v) is 12.5. The molecule has 180 valence electrons. The quantitative estimate of drug-likeness (QED) is 0.501. The molecule has 0 saturated heterocycles. The molecule has 1 atom stereocenters. The first-order valence-electron chi connectivity index (χ1n) is 11.2. The fourth-order valence-corrected chi connectivity index (χ4v) is 4.97. The Hall–Kier alpha value is -2.29. The molecule has 1 aromatic heterocycles. The molecule has 0 fully saturated rings. The smallest absolute Gasteiger partial charge is 0.317 e. The van der Waals surface area contributed by atoms with Gasteiger partial charge in [0.1, 0.15) is 18.9 Å². The summed E-state index contributed by atoms with van der Waals surface area (Å²) in [5, 5.41) is 5.55. The van der Waals surface area contributed by atoms with E-state index in [4.69, 9.17) is 21.1 Å². The molecule has 3 rings (SSSR count). The third-order valence-corrected chi connectivity index (χ3v) is 7.09. The molecule has 7 nitrogen and oxygen atoms in total. The Morgan fingerprint density at radius 2 is 2.15 bits per heavy atom. The van der Waals surface area contributed by atoms with Crippen molar-refractivity contribution in [3.8, 4) is 5.75 Å². The third kappa shape index (κ3) is 6.62. The number of carbonyl (C=O) groups is 2. The first kappa shape index (κ1) is 25.3. The van der Waals surface area contributed by atoms with Crippen molar-refractivity contribution in [2.45, 2.75) is 32.7 Å². The summed E-state index contributed by atoms with van der Waals surface area (Å²) in [5.74, 6) is 0.631. The molecule has 1 N–H and O–H groups in total. The number of amides is 3. The zero-order valence-electron chi connectivity index (χ0n) is 19.4. The topological polar surface area (TPSA) is 71.1 Å². The fraction of sp³-hybridized carbons (Fsp3) is 0.500. The molecule has 2 aromatic rings. The van der Waals surface area contributed by atoms with E-state index >= 15 is 0 Å². The van der Waals surface area contributed by atoms with E-state index in [1.807, 2.05) is 36.9 Å². The van der Waals surface area contributed by atoms with Gasteiger partial charge in [-0.1, -0.05) is 11.6 Å². The number of urea groups is 1. The van der Waals surface area contributed by atoms with Crippen LogP contribution in [0.1, 0.15) is 35.4 Å². The number of hydrogen-bond acceptors (Lipinski definition) is 5. The number of rotatable bonds is 10. The Balaban J connectivity index is 1.74. The largest absolute Gasteiger partial charge is 0.491 e. The zero-order chi connectivity index (χ0) is 23.8. The normalized spacial score (nSPS) is 15.2. The lowest BCUT2D eigenvalue weighted by Crippen LogP contribution is -2.50. The van der Waals surface area contributed by atoms with Crippen molar-refractivity contribution in [3.05, 3.63) is 50.7 Å². The van der Waals surface area contributed by atoms with E-state index in [1.165, 1.54) is 4.88 Å². The molecule has 2 heterocycles. The summed E-state index contributed by atoms with van der Waals surface area (Å²) in [7, 11) is 1.63. The maximum absolute atomic E-state index is 13.4. The number of halogens is 1. The molecule has 0 radical (unpaired) electrons. The van der Waals surface area contributed by atoms with Crippen LogP contribution in [0.15, 0.2) is 29.6 Å². The van der Waals surface area contributed by atoms with Crippen LogP contribution in [0.3, 0.4) is 0 Å². The minimum atomic E-state index is -0.236. The van der Waals surface area contributed by atoms with Gasteiger partial charge < -0.3 is 24.6 Å². The van der Waals surface area contributed by atoms with Crippen molar-refractivity contribution < 1.29 is 19.1 Å². The molecule has 0 aliphatic carbocycles. The lowest BCUT2D eigenvalue weighted by Gasteiger charge is -2.37. The molecule has 33 heavy (non-hydrogen) atoms. The number of hydrogen-bond donors (Lipinski definition) is 1. The number of thiophene rings is 1.